The summed E-state index contributed by atoms with van der Waals surface area (Å²) >= 11 is 0. The molecule has 0 heterocycles. The van der Waals surface area contributed by atoms with Gasteiger partial charge < -0.3 is 10.5 Å². The fourth-order valence-electron chi connectivity index (χ4n) is 2.52. The molecule has 0 amide bonds. The molecule has 2 aromatic rings. The molecule has 22 heavy (non-hydrogen) atoms. The molecule has 2 heteroatoms. The van der Waals surface area contributed by atoms with Crippen LogP contribution in [0, 0.1) is 0 Å². The Balaban J connectivity index is 1.65. The molecule has 2 rings (SSSR count). The van der Waals surface area contributed by atoms with Crippen molar-refractivity contribution < 1.29 is 4.74 Å². The van der Waals surface area contributed by atoms with E-state index in [-0.39, 0.29) is 0 Å². The van der Waals surface area contributed by atoms with Crippen LogP contribution in [0.4, 0.5) is 0 Å². The molecule has 2 aromatic carbocycles. The molecule has 0 spiro atoms. The molecule has 0 unspecified atom stereocenters. The summed E-state index contributed by atoms with van der Waals surface area (Å²) < 4.78 is 5.80. The quantitative estimate of drug-likeness (QED) is 0.624. The van der Waals surface area contributed by atoms with Gasteiger partial charge in [0, 0.05) is 0 Å². The van der Waals surface area contributed by atoms with E-state index in [4.69, 9.17) is 10.5 Å². The van der Waals surface area contributed by atoms with Crippen molar-refractivity contribution >= 4 is 0 Å². The zero-order valence-corrected chi connectivity index (χ0v) is 13.3. The lowest BCUT2D eigenvalue weighted by molar-refractivity contribution is 0.304. The highest BCUT2D eigenvalue weighted by molar-refractivity contribution is 5.63. The van der Waals surface area contributed by atoms with Gasteiger partial charge in [-0.05, 0) is 42.6 Å². The van der Waals surface area contributed by atoms with Crippen molar-refractivity contribution in [1.82, 2.24) is 0 Å². The van der Waals surface area contributed by atoms with Crippen LogP contribution < -0.4 is 10.5 Å². The Hall–Kier alpha value is -1.80. The third-order valence-corrected chi connectivity index (χ3v) is 3.83. The Bertz CT molecular complexity index is 507. The molecule has 0 saturated heterocycles. The van der Waals surface area contributed by atoms with Crippen molar-refractivity contribution in [2.24, 2.45) is 5.73 Å². The van der Waals surface area contributed by atoms with Gasteiger partial charge in [-0.15, -0.1) is 0 Å². The molecule has 0 saturated carbocycles. The standard InChI is InChI=1S/C20H27NO/c21-16-8-3-1-2-4-9-17-22-20-14-12-19(13-15-20)18-10-6-5-7-11-18/h5-7,10-15H,1-4,8-9,16-17,21H2. The average Bonchev–Trinajstić information content (AvgIpc) is 2.59. The molecule has 0 aliphatic rings. The van der Waals surface area contributed by atoms with Crippen molar-refractivity contribution in [1.29, 1.82) is 0 Å². The van der Waals surface area contributed by atoms with Crippen LogP contribution in [0.15, 0.2) is 54.6 Å². The summed E-state index contributed by atoms with van der Waals surface area (Å²) in [7, 11) is 0. The van der Waals surface area contributed by atoms with E-state index >= 15 is 0 Å². The van der Waals surface area contributed by atoms with Crippen molar-refractivity contribution in [3.05, 3.63) is 54.6 Å². The SMILES string of the molecule is NCCCCCCCCOc1ccc(-c2ccccc2)cc1. The molecular weight excluding hydrogens is 270 g/mol. The summed E-state index contributed by atoms with van der Waals surface area (Å²) in [6.45, 7) is 1.63. The first-order chi connectivity index (χ1) is 10.9. The number of benzene rings is 2. The first-order valence-corrected chi connectivity index (χ1v) is 8.38. The number of nitrogens with two attached hydrogens (primary N) is 1. The van der Waals surface area contributed by atoms with Gasteiger partial charge in [0.25, 0.3) is 0 Å². The molecule has 2 nitrogen and oxygen atoms in total. The second-order valence-corrected chi connectivity index (χ2v) is 5.65. The minimum Gasteiger partial charge on any atom is -0.494 e. The molecule has 0 atom stereocenters. The second kappa shape index (κ2) is 10.0. The van der Waals surface area contributed by atoms with Crippen LogP contribution >= 0.6 is 0 Å². The Morgan fingerprint density at radius 3 is 1.91 bits per heavy atom. The van der Waals surface area contributed by atoms with Crippen LogP contribution in [0.2, 0.25) is 0 Å². The summed E-state index contributed by atoms with van der Waals surface area (Å²) in [6.07, 6.45) is 7.37. The second-order valence-electron chi connectivity index (χ2n) is 5.65. The third kappa shape index (κ3) is 5.90. The molecule has 0 aliphatic carbocycles. The van der Waals surface area contributed by atoms with Crippen molar-refractivity contribution in [2.45, 2.75) is 38.5 Å². The maximum atomic E-state index is 5.80. The Morgan fingerprint density at radius 2 is 1.23 bits per heavy atom. The van der Waals surface area contributed by atoms with Gasteiger partial charge in [0.15, 0.2) is 0 Å². The van der Waals surface area contributed by atoms with E-state index in [0.717, 1.165) is 31.7 Å². The van der Waals surface area contributed by atoms with Crippen molar-refractivity contribution in [3.8, 4) is 16.9 Å². The maximum absolute atomic E-state index is 5.80. The maximum Gasteiger partial charge on any atom is 0.119 e. The molecular formula is C20H27NO. The van der Waals surface area contributed by atoms with E-state index in [0.29, 0.717) is 0 Å². The van der Waals surface area contributed by atoms with Crippen LogP contribution in [-0.4, -0.2) is 13.2 Å². The molecule has 118 valence electrons. The smallest absolute Gasteiger partial charge is 0.119 e. The van der Waals surface area contributed by atoms with E-state index in [2.05, 4.69) is 48.5 Å². The minimum atomic E-state index is 0.807. The summed E-state index contributed by atoms with van der Waals surface area (Å²) in [5.41, 5.74) is 7.95. The lowest BCUT2D eigenvalue weighted by Crippen LogP contribution is -1.98. The normalized spacial score (nSPS) is 10.6. The largest absolute Gasteiger partial charge is 0.494 e. The summed E-state index contributed by atoms with van der Waals surface area (Å²) in [6, 6.07) is 18.8. The Labute approximate surface area is 134 Å². The van der Waals surface area contributed by atoms with E-state index in [9.17, 15) is 0 Å². The first kappa shape index (κ1) is 16.6. The molecule has 0 radical (unpaired) electrons. The number of ether oxygens (including phenoxy) is 1. The molecule has 0 aromatic heterocycles. The van der Waals surface area contributed by atoms with Crippen molar-refractivity contribution in [3.63, 3.8) is 0 Å². The van der Waals surface area contributed by atoms with Gasteiger partial charge in [-0.1, -0.05) is 68.1 Å². The predicted octanol–water partition coefficient (Wildman–Crippen LogP) is 5.03. The number of hydrogen-bond donors (Lipinski definition) is 1. The van der Waals surface area contributed by atoms with Gasteiger partial charge in [-0.3, -0.25) is 0 Å². The van der Waals surface area contributed by atoms with Crippen molar-refractivity contribution in [2.75, 3.05) is 13.2 Å². The third-order valence-electron chi connectivity index (χ3n) is 3.83. The molecule has 0 aliphatic heterocycles. The van der Waals surface area contributed by atoms with Gasteiger partial charge in [-0.2, -0.15) is 0 Å². The van der Waals surface area contributed by atoms with E-state index in [1.807, 2.05) is 6.07 Å². The van der Waals surface area contributed by atoms with Crippen LogP contribution in [-0.2, 0) is 0 Å². The molecule has 0 bridgehead atoms. The van der Waals surface area contributed by atoms with Crippen LogP contribution in [0.3, 0.4) is 0 Å². The van der Waals surface area contributed by atoms with Gasteiger partial charge in [0.1, 0.15) is 5.75 Å². The zero-order chi connectivity index (χ0) is 15.5. The highest BCUT2D eigenvalue weighted by Gasteiger charge is 1.98. The Kier molecular flexibility index (Phi) is 7.54. The van der Waals surface area contributed by atoms with Crippen LogP contribution in [0.25, 0.3) is 11.1 Å². The fraction of sp³-hybridized carbons (Fsp3) is 0.400. The fourth-order valence-corrected chi connectivity index (χ4v) is 2.52. The first-order valence-electron chi connectivity index (χ1n) is 8.38. The lowest BCUT2D eigenvalue weighted by atomic mass is 10.1. The average molecular weight is 297 g/mol. The molecule has 0 fully saturated rings. The van der Waals surface area contributed by atoms with E-state index in [1.54, 1.807) is 0 Å². The van der Waals surface area contributed by atoms with Gasteiger partial charge >= 0.3 is 0 Å². The highest BCUT2D eigenvalue weighted by Crippen LogP contribution is 2.22. The molecule has 2 N–H and O–H groups in total. The Morgan fingerprint density at radius 1 is 0.636 bits per heavy atom. The highest BCUT2D eigenvalue weighted by atomic mass is 16.5. The van der Waals surface area contributed by atoms with Crippen LogP contribution in [0.5, 0.6) is 5.75 Å². The monoisotopic (exact) mass is 297 g/mol. The summed E-state index contributed by atoms with van der Waals surface area (Å²) in [4.78, 5) is 0. The lowest BCUT2D eigenvalue weighted by Gasteiger charge is -2.07. The van der Waals surface area contributed by atoms with Gasteiger partial charge in [-0.25, -0.2) is 0 Å². The van der Waals surface area contributed by atoms with E-state index in [1.165, 1.54) is 36.8 Å². The minimum absolute atomic E-state index is 0.807. The van der Waals surface area contributed by atoms with Gasteiger partial charge in [0.05, 0.1) is 6.61 Å². The number of unbranched alkanes of at least 4 members (excludes halogenated alkanes) is 5. The topological polar surface area (TPSA) is 35.2 Å². The number of hydrogen-bond acceptors (Lipinski definition) is 2. The summed E-state index contributed by atoms with van der Waals surface area (Å²) in [5.74, 6) is 0.961. The van der Waals surface area contributed by atoms with E-state index < -0.39 is 0 Å². The number of rotatable bonds is 10. The summed E-state index contributed by atoms with van der Waals surface area (Å²) in [5, 5.41) is 0. The predicted molar refractivity (Wildman–Crippen MR) is 94.1 cm³/mol. The van der Waals surface area contributed by atoms with Crippen LogP contribution in [0.1, 0.15) is 38.5 Å². The zero-order valence-electron chi connectivity index (χ0n) is 13.3. The van der Waals surface area contributed by atoms with Gasteiger partial charge in [0.2, 0.25) is 0 Å².